The van der Waals surface area contributed by atoms with Gasteiger partial charge in [-0.2, -0.15) is 0 Å². The third kappa shape index (κ3) is 3.02. The summed E-state index contributed by atoms with van der Waals surface area (Å²) in [7, 11) is -1.57. The maximum Gasteiger partial charge on any atom is 0.488 e. The molecule has 0 radical (unpaired) electrons. The molecule has 0 fully saturated rings. The van der Waals surface area contributed by atoms with E-state index in [1.54, 1.807) is 0 Å². The van der Waals surface area contributed by atoms with Gasteiger partial charge in [-0.15, -0.1) is 0 Å². The van der Waals surface area contributed by atoms with Crippen molar-refractivity contribution in [3.63, 3.8) is 0 Å². The van der Waals surface area contributed by atoms with E-state index >= 15 is 0 Å². The Kier molecular flexibility index (Phi) is 4.49. The molecule has 0 aliphatic heterocycles. The highest BCUT2D eigenvalue weighted by Gasteiger charge is 2.22. The highest BCUT2D eigenvalue weighted by molar-refractivity contribution is 6.58. The largest absolute Gasteiger partial charge is 0.488 e. The minimum absolute atomic E-state index is 0.470. The molecule has 5 heteroatoms. The molecule has 0 bridgehead atoms. The molecule has 2 N–H and O–H groups in total. The number of rotatable bonds is 3. The fourth-order valence-electron chi connectivity index (χ4n) is 5.69. The lowest BCUT2D eigenvalue weighted by molar-refractivity contribution is 0.425. The van der Waals surface area contributed by atoms with E-state index in [9.17, 15) is 10.0 Å². The van der Waals surface area contributed by atoms with E-state index in [4.69, 9.17) is 0 Å². The Balaban J connectivity index is 1.58. The van der Waals surface area contributed by atoms with Gasteiger partial charge < -0.3 is 19.2 Å². The highest BCUT2D eigenvalue weighted by Crippen LogP contribution is 2.36. The van der Waals surface area contributed by atoms with Crippen LogP contribution in [0, 0.1) is 0 Å². The van der Waals surface area contributed by atoms with Gasteiger partial charge in [-0.25, -0.2) is 0 Å². The fourth-order valence-corrected chi connectivity index (χ4v) is 5.69. The van der Waals surface area contributed by atoms with Crippen molar-refractivity contribution < 1.29 is 10.0 Å². The van der Waals surface area contributed by atoms with Gasteiger partial charge in [-0.3, -0.25) is 0 Å². The molecule has 0 atom stereocenters. The molecular weight excluding hydrogens is 431 g/mol. The second kappa shape index (κ2) is 7.74. The Morgan fingerprint density at radius 2 is 1.17 bits per heavy atom. The van der Waals surface area contributed by atoms with Crippen LogP contribution in [0.25, 0.3) is 50.2 Å². The number of fused-ring (bicyclic) bond motifs is 6. The molecule has 7 rings (SSSR count). The Morgan fingerprint density at radius 1 is 0.629 bits per heavy atom. The highest BCUT2D eigenvalue weighted by atomic mass is 16.4. The Morgan fingerprint density at radius 3 is 1.80 bits per heavy atom. The molecule has 2 heterocycles. The monoisotopic (exact) mass is 454 g/mol. The van der Waals surface area contributed by atoms with Gasteiger partial charge in [-0.1, -0.05) is 66.7 Å². The summed E-state index contributed by atoms with van der Waals surface area (Å²) in [6.07, 6.45) is 6.38. The SMILES string of the molecule is OB(O)c1cc(-n2c3c(c4ccccc42)C=CCC3)cc(-n2c3ccccc3c3ccccc32)c1. The van der Waals surface area contributed by atoms with Crippen molar-refractivity contribution in [3.8, 4) is 11.4 Å². The number of nitrogens with zero attached hydrogens (tertiary/aromatic N) is 2. The molecule has 0 unspecified atom stereocenters. The van der Waals surface area contributed by atoms with E-state index in [-0.39, 0.29) is 0 Å². The zero-order chi connectivity index (χ0) is 23.5. The van der Waals surface area contributed by atoms with E-state index in [1.165, 1.54) is 27.4 Å². The second-order valence-electron chi connectivity index (χ2n) is 9.18. The van der Waals surface area contributed by atoms with Crippen LogP contribution in [0.2, 0.25) is 0 Å². The van der Waals surface area contributed by atoms with Crippen molar-refractivity contribution >= 4 is 51.4 Å². The van der Waals surface area contributed by atoms with Gasteiger partial charge >= 0.3 is 7.12 Å². The third-order valence-electron chi connectivity index (χ3n) is 7.17. The van der Waals surface area contributed by atoms with Crippen LogP contribution in [0.15, 0.2) is 97.1 Å². The zero-order valence-electron chi connectivity index (χ0n) is 19.1. The number of para-hydroxylation sites is 3. The minimum atomic E-state index is -1.57. The van der Waals surface area contributed by atoms with Crippen LogP contribution >= 0.6 is 0 Å². The number of aromatic nitrogens is 2. The van der Waals surface area contributed by atoms with Crippen molar-refractivity contribution in [1.82, 2.24) is 9.13 Å². The Bertz CT molecular complexity index is 1740. The molecule has 0 saturated carbocycles. The number of benzene rings is 4. The molecule has 2 aromatic heterocycles. The maximum atomic E-state index is 10.3. The van der Waals surface area contributed by atoms with Gasteiger partial charge in [-0.05, 0) is 54.7 Å². The van der Waals surface area contributed by atoms with Crippen LogP contribution in [-0.2, 0) is 6.42 Å². The maximum absolute atomic E-state index is 10.3. The zero-order valence-corrected chi connectivity index (χ0v) is 19.1. The normalized spacial score (nSPS) is 13.1. The minimum Gasteiger partial charge on any atom is -0.423 e. The number of hydrogen-bond acceptors (Lipinski definition) is 2. The molecule has 168 valence electrons. The summed E-state index contributed by atoms with van der Waals surface area (Å²) in [6.45, 7) is 0. The molecule has 4 aromatic carbocycles. The predicted octanol–water partition coefficient (Wildman–Crippen LogP) is 5.37. The molecule has 4 nitrogen and oxygen atoms in total. The molecule has 1 aliphatic rings. The van der Waals surface area contributed by atoms with E-state index in [0.29, 0.717) is 5.46 Å². The quantitative estimate of drug-likeness (QED) is 0.354. The average molecular weight is 454 g/mol. The van der Waals surface area contributed by atoms with Gasteiger partial charge in [0.2, 0.25) is 0 Å². The van der Waals surface area contributed by atoms with E-state index in [1.807, 2.05) is 24.3 Å². The van der Waals surface area contributed by atoms with Gasteiger partial charge in [0, 0.05) is 38.8 Å². The Labute approximate surface area is 203 Å². The van der Waals surface area contributed by atoms with Crippen LogP contribution in [0.3, 0.4) is 0 Å². The first-order valence-corrected chi connectivity index (χ1v) is 12.0. The molecular formula is C30H23BN2O2. The average Bonchev–Trinajstić information content (AvgIpc) is 3.42. The lowest BCUT2D eigenvalue weighted by atomic mass is 9.79. The first-order valence-electron chi connectivity index (χ1n) is 12.0. The van der Waals surface area contributed by atoms with Crippen molar-refractivity contribution in [3.05, 3.63) is 108 Å². The van der Waals surface area contributed by atoms with Crippen LogP contribution in [0.5, 0.6) is 0 Å². The van der Waals surface area contributed by atoms with Crippen LogP contribution in [0.1, 0.15) is 17.7 Å². The third-order valence-corrected chi connectivity index (χ3v) is 7.17. The summed E-state index contributed by atoms with van der Waals surface area (Å²) in [6, 6.07) is 31.1. The Hall–Kier alpha value is -4.06. The summed E-state index contributed by atoms with van der Waals surface area (Å²) in [5.41, 5.74) is 8.12. The van der Waals surface area contributed by atoms with Gasteiger partial charge in [0.1, 0.15) is 0 Å². The van der Waals surface area contributed by atoms with E-state index < -0.39 is 7.12 Å². The van der Waals surface area contributed by atoms with Crippen molar-refractivity contribution in [2.24, 2.45) is 0 Å². The first-order chi connectivity index (χ1) is 17.2. The van der Waals surface area contributed by atoms with Crippen LogP contribution < -0.4 is 5.46 Å². The predicted molar refractivity (Wildman–Crippen MR) is 145 cm³/mol. The van der Waals surface area contributed by atoms with Crippen molar-refractivity contribution in [2.45, 2.75) is 12.8 Å². The van der Waals surface area contributed by atoms with E-state index in [0.717, 1.165) is 40.8 Å². The summed E-state index contributed by atoms with van der Waals surface area (Å²) in [5, 5.41) is 24.1. The smallest absolute Gasteiger partial charge is 0.423 e. The second-order valence-corrected chi connectivity index (χ2v) is 9.18. The lowest BCUT2D eigenvalue weighted by Crippen LogP contribution is -2.30. The molecule has 0 amide bonds. The van der Waals surface area contributed by atoms with Crippen LogP contribution in [0.4, 0.5) is 0 Å². The number of hydrogen-bond donors (Lipinski definition) is 2. The summed E-state index contributed by atoms with van der Waals surface area (Å²) in [5.74, 6) is 0. The summed E-state index contributed by atoms with van der Waals surface area (Å²) >= 11 is 0. The molecule has 0 saturated heterocycles. The first kappa shape index (κ1) is 20.3. The molecule has 1 aliphatic carbocycles. The van der Waals surface area contributed by atoms with Gasteiger partial charge in [0.05, 0.1) is 16.6 Å². The summed E-state index contributed by atoms with van der Waals surface area (Å²) in [4.78, 5) is 0. The number of allylic oxidation sites excluding steroid dienone is 1. The van der Waals surface area contributed by atoms with E-state index in [2.05, 4.69) is 88.0 Å². The molecule has 35 heavy (non-hydrogen) atoms. The summed E-state index contributed by atoms with van der Waals surface area (Å²) < 4.78 is 4.51. The molecule has 0 spiro atoms. The van der Waals surface area contributed by atoms with Crippen LogP contribution in [-0.4, -0.2) is 26.3 Å². The topological polar surface area (TPSA) is 50.3 Å². The standard InChI is InChI=1S/C30H23BN2O2/c34-31(35)20-17-21(32-27-13-5-1-9-23(27)24-10-2-6-14-28(24)32)19-22(18-20)33-29-15-7-3-11-25(29)26-12-4-8-16-30(26)33/h1-7,9-15,17-19,34-35H,8,16H2. The van der Waals surface area contributed by atoms with Crippen molar-refractivity contribution in [1.29, 1.82) is 0 Å². The fraction of sp³-hybridized carbons (Fsp3) is 0.0667. The lowest BCUT2D eigenvalue weighted by Gasteiger charge is -2.17. The van der Waals surface area contributed by atoms with Gasteiger partial charge in [0.15, 0.2) is 0 Å². The van der Waals surface area contributed by atoms with Gasteiger partial charge in [0.25, 0.3) is 0 Å². The molecule has 6 aromatic rings. The van der Waals surface area contributed by atoms with Crippen molar-refractivity contribution in [2.75, 3.05) is 0 Å².